The molecule has 0 aliphatic rings. The summed E-state index contributed by atoms with van der Waals surface area (Å²) in [6, 6.07) is 18.2. The fourth-order valence-electron chi connectivity index (χ4n) is 2.62. The van der Waals surface area contributed by atoms with Gasteiger partial charge in [0, 0.05) is 0 Å². The van der Waals surface area contributed by atoms with Crippen molar-refractivity contribution in [2.45, 2.75) is 52.1 Å². The topological polar surface area (TPSA) is 26.3 Å². The molecule has 2 heteroatoms. The molecule has 2 aromatic carbocycles. The molecule has 1 atom stereocenters. The standard InChI is InChI=1S/C21H26O2/c1-3-4-5-9-12-21(17(2)22)23-20-15-13-19(14-16-20)18-10-7-6-8-11-18/h6-8,10-11,13-16,21H,3-5,9,12H2,1-2H3. The number of carbonyl (C=O) groups excluding carboxylic acids is 1. The van der Waals surface area contributed by atoms with Crippen LogP contribution < -0.4 is 4.74 Å². The zero-order valence-electron chi connectivity index (χ0n) is 14.1. The van der Waals surface area contributed by atoms with Gasteiger partial charge in [-0.3, -0.25) is 4.79 Å². The maximum atomic E-state index is 11.8. The van der Waals surface area contributed by atoms with Gasteiger partial charge in [0.15, 0.2) is 11.9 Å². The van der Waals surface area contributed by atoms with Gasteiger partial charge in [0.1, 0.15) is 5.75 Å². The molecule has 0 spiro atoms. The Morgan fingerprint density at radius 1 is 0.913 bits per heavy atom. The van der Waals surface area contributed by atoms with Gasteiger partial charge in [-0.05, 0) is 43.0 Å². The minimum absolute atomic E-state index is 0.105. The van der Waals surface area contributed by atoms with Crippen molar-refractivity contribution >= 4 is 5.78 Å². The molecular weight excluding hydrogens is 284 g/mol. The fourth-order valence-corrected chi connectivity index (χ4v) is 2.62. The Bertz CT molecular complexity index is 587. The number of hydrogen-bond donors (Lipinski definition) is 0. The lowest BCUT2D eigenvalue weighted by atomic mass is 10.1. The zero-order valence-corrected chi connectivity index (χ0v) is 14.1. The Labute approximate surface area is 139 Å². The molecule has 0 saturated heterocycles. The second-order valence-electron chi connectivity index (χ2n) is 5.96. The lowest BCUT2D eigenvalue weighted by molar-refractivity contribution is -0.123. The van der Waals surface area contributed by atoms with Gasteiger partial charge in [-0.15, -0.1) is 0 Å². The summed E-state index contributed by atoms with van der Waals surface area (Å²) < 4.78 is 5.90. The number of ketones is 1. The summed E-state index contributed by atoms with van der Waals surface area (Å²) in [6.45, 7) is 3.80. The number of unbranched alkanes of at least 4 members (excludes halogenated alkanes) is 3. The van der Waals surface area contributed by atoms with Crippen molar-refractivity contribution in [2.24, 2.45) is 0 Å². The van der Waals surface area contributed by atoms with Crippen molar-refractivity contribution in [1.29, 1.82) is 0 Å². The molecule has 0 aliphatic carbocycles. The first kappa shape index (κ1) is 17.3. The Balaban J connectivity index is 1.96. The molecule has 0 aromatic heterocycles. The Morgan fingerprint density at radius 3 is 2.17 bits per heavy atom. The number of benzene rings is 2. The highest BCUT2D eigenvalue weighted by atomic mass is 16.5. The van der Waals surface area contributed by atoms with Crippen LogP contribution in [0.1, 0.15) is 46.0 Å². The predicted molar refractivity (Wildman–Crippen MR) is 95.7 cm³/mol. The molecule has 0 bridgehead atoms. The smallest absolute Gasteiger partial charge is 0.170 e. The summed E-state index contributed by atoms with van der Waals surface area (Å²) in [5.74, 6) is 0.869. The van der Waals surface area contributed by atoms with Crippen molar-refractivity contribution in [3.05, 3.63) is 54.6 Å². The van der Waals surface area contributed by atoms with Crippen molar-refractivity contribution in [3.63, 3.8) is 0 Å². The maximum absolute atomic E-state index is 11.8. The summed E-state index contributed by atoms with van der Waals surface area (Å²) in [6.07, 6.45) is 5.10. The first-order valence-corrected chi connectivity index (χ1v) is 8.53. The average molecular weight is 310 g/mol. The van der Waals surface area contributed by atoms with Crippen LogP contribution in [0.3, 0.4) is 0 Å². The summed E-state index contributed by atoms with van der Waals surface area (Å²) in [5, 5.41) is 0. The van der Waals surface area contributed by atoms with E-state index in [0.717, 1.165) is 30.6 Å². The van der Waals surface area contributed by atoms with Crippen LogP contribution in [-0.4, -0.2) is 11.9 Å². The monoisotopic (exact) mass is 310 g/mol. The van der Waals surface area contributed by atoms with Crippen molar-refractivity contribution in [2.75, 3.05) is 0 Å². The molecule has 2 rings (SSSR count). The highest BCUT2D eigenvalue weighted by Crippen LogP contribution is 2.23. The molecule has 0 aliphatic heterocycles. The number of carbonyl (C=O) groups is 1. The van der Waals surface area contributed by atoms with Crippen LogP contribution >= 0.6 is 0 Å². The lowest BCUT2D eigenvalue weighted by Gasteiger charge is -2.16. The quantitative estimate of drug-likeness (QED) is 0.559. The second-order valence-corrected chi connectivity index (χ2v) is 5.96. The molecular formula is C21H26O2. The number of hydrogen-bond acceptors (Lipinski definition) is 2. The molecule has 0 N–H and O–H groups in total. The Morgan fingerprint density at radius 2 is 1.57 bits per heavy atom. The average Bonchev–Trinajstić information content (AvgIpc) is 2.59. The minimum Gasteiger partial charge on any atom is -0.483 e. The third-order valence-electron chi connectivity index (χ3n) is 4.01. The van der Waals surface area contributed by atoms with Gasteiger partial charge in [-0.1, -0.05) is 68.7 Å². The maximum Gasteiger partial charge on any atom is 0.170 e. The van der Waals surface area contributed by atoms with Gasteiger partial charge in [0.05, 0.1) is 0 Å². The van der Waals surface area contributed by atoms with Crippen LogP contribution in [0, 0.1) is 0 Å². The van der Waals surface area contributed by atoms with Crippen LogP contribution in [-0.2, 0) is 4.79 Å². The van der Waals surface area contributed by atoms with E-state index in [4.69, 9.17) is 4.74 Å². The van der Waals surface area contributed by atoms with Gasteiger partial charge in [-0.2, -0.15) is 0 Å². The molecule has 2 aromatic rings. The summed E-state index contributed by atoms with van der Waals surface area (Å²) in [7, 11) is 0. The first-order chi connectivity index (χ1) is 11.2. The van der Waals surface area contributed by atoms with Gasteiger partial charge in [-0.25, -0.2) is 0 Å². The zero-order chi connectivity index (χ0) is 16.5. The highest BCUT2D eigenvalue weighted by Gasteiger charge is 2.15. The number of ether oxygens (including phenoxy) is 1. The molecule has 1 unspecified atom stereocenters. The molecule has 23 heavy (non-hydrogen) atoms. The Kier molecular flexibility index (Phi) is 6.86. The highest BCUT2D eigenvalue weighted by molar-refractivity contribution is 5.80. The van der Waals surface area contributed by atoms with E-state index in [2.05, 4.69) is 19.1 Å². The third kappa shape index (κ3) is 5.55. The van der Waals surface area contributed by atoms with E-state index in [1.807, 2.05) is 42.5 Å². The second kappa shape index (κ2) is 9.14. The van der Waals surface area contributed by atoms with E-state index in [1.165, 1.54) is 18.4 Å². The minimum atomic E-state index is -0.325. The predicted octanol–water partition coefficient (Wildman–Crippen LogP) is 5.66. The van der Waals surface area contributed by atoms with Gasteiger partial charge < -0.3 is 4.74 Å². The Hall–Kier alpha value is -2.09. The number of Topliss-reactive ketones (excluding diaryl/α,β-unsaturated/α-hetero) is 1. The van der Waals surface area contributed by atoms with Crippen LogP contribution in [0.2, 0.25) is 0 Å². The molecule has 0 fully saturated rings. The van der Waals surface area contributed by atoms with Crippen molar-refractivity contribution < 1.29 is 9.53 Å². The van der Waals surface area contributed by atoms with Gasteiger partial charge in [0.2, 0.25) is 0 Å². The molecule has 2 nitrogen and oxygen atoms in total. The largest absolute Gasteiger partial charge is 0.483 e. The summed E-state index contributed by atoms with van der Waals surface area (Å²) in [5.41, 5.74) is 2.34. The van der Waals surface area contributed by atoms with Crippen molar-refractivity contribution in [1.82, 2.24) is 0 Å². The first-order valence-electron chi connectivity index (χ1n) is 8.53. The van der Waals surface area contributed by atoms with Crippen LogP contribution in [0.25, 0.3) is 11.1 Å². The molecule has 122 valence electrons. The van der Waals surface area contributed by atoms with Crippen LogP contribution in [0.15, 0.2) is 54.6 Å². The van der Waals surface area contributed by atoms with Gasteiger partial charge >= 0.3 is 0 Å². The van der Waals surface area contributed by atoms with E-state index in [0.29, 0.717) is 0 Å². The van der Waals surface area contributed by atoms with Crippen LogP contribution in [0.4, 0.5) is 0 Å². The summed E-state index contributed by atoms with van der Waals surface area (Å²) >= 11 is 0. The molecule has 0 amide bonds. The van der Waals surface area contributed by atoms with E-state index < -0.39 is 0 Å². The number of rotatable bonds is 9. The van der Waals surface area contributed by atoms with Crippen LogP contribution in [0.5, 0.6) is 5.75 Å². The SMILES string of the molecule is CCCCCCC(Oc1ccc(-c2ccccc2)cc1)C(C)=O. The van der Waals surface area contributed by atoms with E-state index >= 15 is 0 Å². The lowest BCUT2D eigenvalue weighted by Crippen LogP contribution is -2.24. The van der Waals surface area contributed by atoms with Gasteiger partial charge in [0.25, 0.3) is 0 Å². The van der Waals surface area contributed by atoms with Crippen molar-refractivity contribution in [3.8, 4) is 16.9 Å². The third-order valence-corrected chi connectivity index (χ3v) is 4.01. The fraction of sp³-hybridized carbons (Fsp3) is 0.381. The molecule has 0 saturated carbocycles. The van der Waals surface area contributed by atoms with E-state index in [9.17, 15) is 4.79 Å². The normalized spacial score (nSPS) is 11.9. The summed E-state index contributed by atoms with van der Waals surface area (Å²) in [4.78, 5) is 11.8. The molecule has 0 heterocycles. The van der Waals surface area contributed by atoms with E-state index in [1.54, 1.807) is 6.92 Å². The van der Waals surface area contributed by atoms with E-state index in [-0.39, 0.29) is 11.9 Å². The molecule has 0 radical (unpaired) electrons.